The second kappa shape index (κ2) is 3.71. The van der Waals surface area contributed by atoms with Gasteiger partial charge in [-0.1, -0.05) is 0 Å². The van der Waals surface area contributed by atoms with Gasteiger partial charge in [0.2, 0.25) is 0 Å². The normalized spacial score (nSPS) is 10.4. The maximum atomic E-state index is 10.8. The van der Waals surface area contributed by atoms with Crippen molar-refractivity contribution in [3.05, 3.63) is 27.5 Å². The highest BCUT2D eigenvalue weighted by atomic mass is 79.9. The molecule has 0 saturated carbocycles. The number of aldehydes is 1. The first kappa shape index (κ1) is 9.68. The Morgan fingerprint density at radius 3 is 2.93 bits per heavy atom. The van der Waals surface area contributed by atoms with E-state index in [1.807, 2.05) is 17.5 Å². The third-order valence-corrected chi connectivity index (χ3v) is 3.59. The molecular formula is C10H7BrO2S. The summed E-state index contributed by atoms with van der Waals surface area (Å²) in [5.41, 5.74) is 0.683. The van der Waals surface area contributed by atoms with Gasteiger partial charge in [-0.25, -0.2) is 0 Å². The number of carbonyl (C=O) groups excluding carboxylic acids is 1. The molecule has 2 nitrogen and oxygen atoms in total. The lowest BCUT2D eigenvalue weighted by molar-refractivity contribution is 0.112. The maximum Gasteiger partial charge on any atom is 0.151 e. The van der Waals surface area contributed by atoms with E-state index >= 15 is 0 Å². The topological polar surface area (TPSA) is 26.3 Å². The van der Waals surface area contributed by atoms with Crippen LogP contribution in [0.15, 0.2) is 22.0 Å². The van der Waals surface area contributed by atoms with E-state index in [2.05, 4.69) is 15.9 Å². The predicted octanol–water partition coefficient (Wildman–Crippen LogP) is 3.48. The average Bonchev–Trinajstić information content (AvgIpc) is 2.61. The van der Waals surface area contributed by atoms with Crippen molar-refractivity contribution in [3.8, 4) is 5.75 Å². The fourth-order valence-corrected chi connectivity index (χ4v) is 2.78. The van der Waals surface area contributed by atoms with Crippen LogP contribution in [-0.4, -0.2) is 13.4 Å². The number of hydrogen-bond donors (Lipinski definition) is 0. The number of ether oxygens (including phenoxy) is 1. The molecule has 0 unspecified atom stereocenters. The molecule has 0 radical (unpaired) electrons. The second-order valence-electron chi connectivity index (χ2n) is 2.76. The van der Waals surface area contributed by atoms with Gasteiger partial charge in [0, 0.05) is 21.0 Å². The lowest BCUT2D eigenvalue weighted by Crippen LogP contribution is -1.87. The van der Waals surface area contributed by atoms with E-state index in [-0.39, 0.29) is 0 Å². The Hall–Kier alpha value is -0.870. The molecule has 0 atom stereocenters. The van der Waals surface area contributed by atoms with Gasteiger partial charge in [0.15, 0.2) is 6.29 Å². The van der Waals surface area contributed by atoms with Gasteiger partial charge >= 0.3 is 0 Å². The quantitative estimate of drug-likeness (QED) is 0.781. The van der Waals surface area contributed by atoms with Crippen LogP contribution in [0.25, 0.3) is 10.1 Å². The van der Waals surface area contributed by atoms with Crippen molar-refractivity contribution in [2.45, 2.75) is 0 Å². The second-order valence-corrected chi connectivity index (χ2v) is 4.53. The maximum absolute atomic E-state index is 10.8. The van der Waals surface area contributed by atoms with E-state index in [1.54, 1.807) is 18.4 Å². The van der Waals surface area contributed by atoms with Crippen molar-refractivity contribution in [1.82, 2.24) is 0 Å². The molecule has 0 saturated heterocycles. The standard InChI is InChI=1S/C10H7BrO2S/c1-13-10-7(11)2-3-8-9(10)6(4-12)5-14-8/h2-5H,1H3. The highest BCUT2D eigenvalue weighted by Crippen LogP contribution is 2.38. The number of hydrogen-bond acceptors (Lipinski definition) is 3. The van der Waals surface area contributed by atoms with Gasteiger partial charge in [-0.3, -0.25) is 4.79 Å². The van der Waals surface area contributed by atoms with Crippen LogP contribution >= 0.6 is 27.3 Å². The van der Waals surface area contributed by atoms with Gasteiger partial charge in [-0.15, -0.1) is 11.3 Å². The predicted molar refractivity (Wildman–Crippen MR) is 61.5 cm³/mol. The number of halogens is 1. The molecule has 1 aromatic carbocycles. The lowest BCUT2D eigenvalue weighted by atomic mass is 10.2. The molecule has 2 rings (SSSR count). The Morgan fingerprint density at radius 2 is 2.29 bits per heavy atom. The van der Waals surface area contributed by atoms with Crippen LogP contribution in [-0.2, 0) is 0 Å². The lowest BCUT2D eigenvalue weighted by Gasteiger charge is -2.04. The summed E-state index contributed by atoms with van der Waals surface area (Å²) in [5.74, 6) is 0.728. The molecule has 0 aliphatic carbocycles. The molecule has 4 heteroatoms. The minimum Gasteiger partial charge on any atom is -0.495 e. The van der Waals surface area contributed by atoms with Gasteiger partial charge in [-0.05, 0) is 28.1 Å². The van der Waals surface area contributed by atoms with Crippen LogP contribution in [0.2, 0.25) is 0 Å². The van der Waals surface area contributed by atoms with E-state index in [4.69, 9.17) is 4.74 Å². The third-order valence-electron chi connectivity index (χ3n) is 2.00. The van der Waals surface area contributed by atoms with Gasteiger partial charge in [0.25, 0.3) is 0 Å². The molecule has 0 spiro atoms. The number of benzene rings is 1. The summed E-state index contributed by atoms with van der Waals surface area (Å²) < 4.78 is 7.19. The molecule has 72 valence electrons. The molecule has 1 aromatic heterocycles. The highest BCUT2D eigenvalue weighted by Gasteiger charge is 2.11. The van der Waals surface area contributed by atoms with Crippen molar-refractivity contribution < 1.29 is 9.53 Å². The number of thiophene rings is 1. The van der Waals surface area contributed by atoms with Crippen LogP contribution in [0.4, 0.5) is 0 Å². The highest BCUT2D eigenvalue weighted by molar-refractivity contribution is 9.10. The molecule has 1 heterocycles. The van der Waals surface area contributed by atoms with E-state index in [9.17, 15) is 4.79 Å². The minimum absolute atomic E-state index is 0.683. The first-order valence-corrected chi connectivity index (χ1v) is 5.64. The molecule has 0 bridgehead atoms. The van der Waals surface area contributed by atoms with Crippen LogP contribution < -0.4 is 4.74 Å². The Morgan fingerprint density at radius 1 is 1.50 bits per heavy atom. The minimum atomic E-state index is 0.683. The van der Waals surface area contributed by atoms with Crippen molar-refractivity contribution in [2.75, 3.05) is 7.11 Å². The zero-order chi connectivity index (χ0) is 10.1. The molecule has 0 N–H and O–H groups in total. The SMILES string of the molecule is COc1c(Br)ccc2scc(C=O)c12. The van der Waals surface area contributed by atoms with Crippen molar-refractivity contribution in [2.24, 2.45) is 0 Å². The van der Waals surface area contributed by atoms with Crippen LogP contribution in [0.5, 0.6) is 5.75 Å². The average molecular weight is 271 g/mol. The Balaban J connectivity index is 2.88. The molecule has 0 amide bonds. The van der Waals surface area contributed by atoms with Crippen LogP contribution in [0, 0.1) is 0 Å². The third kappa shape index (κ3) is 1.35. The van der Waals surface area contributed by atoms with E-state index in [0.29, 0.717) is 5.56 Å². The molecule has 0 fully saturated rings. The number of fused-ring (bicyclic) bond motifs is 1. The monoisotopic (exact) mass is 270 g/mol. The number of rotatable bonds is 2. The van der Waals surface area contributed by atoms with Gasteiger partial charge < -0.3 is 4.74 Å². The largest absolute Gasteiger partial charge is 0.495 e. The van der Waals surface area contributed by atoms with Gasteiger partial charge in [0.05, 0.1) is 11.6 Å². The van der Waals surface area contributed by atoms with Crippen molar-refractivity contribution in [1.29, 1.82) is 0 Å². The van der Waals surface area contributed by atoms with E-state index < -0.39 is 0 Å². The fourth-order valence-electron chi connectivity index (χ4n) is 1.38. The number of methoxy groups -OCH3 is 1. The van der Waals surface area contributed by atoms with Crippen molar-refractivity contribution >= 4 is 43.6 Å². The fraction of sp³-hybridized carbons (Fsp3) is 0.100. The van der Waals surface area contributed by atoms with Crippen molar-refractivity contribution in [3.63, 3.8) is 0 Å². The van der Waals surface area contributed by atoms with Gasteiger partial charge in [-0.2, -0.15) is 0 Å². The van der Waals surface area contributed by atoms with E-state index in [0.717, 1.165) is 26.6 Å². The summed E-state index contributed by atoms with van der Waals surface area (Å²) in [6.45, 7) is 0. The first-order valence-electron chi connectivity index (χ1n) is 3.96. The summed E-state index contributed by atoms with van der Waals surface area (Å²) >= 11 is 4.93. The smallest absolute Gasteiger partial charge is 0.151 e. The summed E-state index contributed by atoms with van der Waals surface area (Å²) in [7, 11) is 1.60. The Labute approximate surface area is 93.6 Å². The summed E-state index contributed by atoms with van der Waals surface area (Å²) in [5, 5.41) is 2.73. The zero-order valence-electron chi connectivity index (χ0n) is 7.41. The molecule has 0 aliphatic rings. The Bertz CT molecular complexity index is 490. The summed E-state index contributed by atoms with van der Waals surface area (Å²) in [4.78, 5) is 10.8. The zero-order valence-corrected chi connectivity index (χ0v) is 9.81. The molecule has 14 heavy (non-hydrogen) atoms. The molecule has 2 aromatic rings. The van der Waals surface area contributed by atoms with Crippen LogP contribution in [0.1, 0.15) is 10.4 Å². The van der Waals surface area contributed by atoms with E-state index in [1.165, 1.54) is 0 Å². The van der Waals surface area contributed by atoms with Gasteiger partial charge in [0.1, 0.15) is 5.75 Å². The molecule has 0 aliphatic heterocycles. The summed E-state index contributed by atoms with van der Waals surface area (Å²) in [6.07, 6.45) is 0.855. The summed E-state index contributed by atoms with van der Waals surface area (Å²) in [6, 6.07) is 3.89. The first-order chi connectivity index (χ1) is 6.77. The Kier molecular flexibility index (Phi) is 2.56. The number of carbonyl (C=O) groups is 1. The molecular weight excluding hydrogens is 264 g/mol. The van der Waals surface area contributed by atoms with Crippen LogP contribution in [0.3, 0.4) is 0 Å².